The molecule has 1 N–H and O–H groups in total. The van der Waals surface area contributed by atoms with Gasteiger partial charge in [-0.1, -0.05) is 6.07 Å². The van der Waals surface area contributed by atoms with E-state index >= 15 is 0 Å². The quantitative estimate of drug-likeness (QED) is 0.896. The highest BCUT2D eigenvalue weighted by Gasteiger charge is 2.24. The summed E-state index contributed by atoms with van der Waals surface area (Å²) in [7, 11) is 3.28. The van der Waals surface area contributed by atoms with Crippen molar-refractivity contribution in [1.29, 1.82) is 0 Å². The van der Waals surface area contributed by atoms with Crippen molar-refractivity contribution in [2.24, 2.45) is 5.92 Å². The molecule has 20 heavy (non-hydrogen) atoms. The van der Waals surface area contributed by atoms with Crippen molar-refractivity contribution in [2.45, 2.75) is 38.0 Å². The van der Waals surface area contributed by atoms with Crippen molar-refractivity contribution < 1.29 is 19.4 Å². The summed E-state index contributed by atoms with van der Waals surface area (Å²) in [5, 5.41) is 8.84. The molecule has 0 heterocycles. The fraction of sp³-hybridized carbons (Fsp3) is 0.562. The number of aliphatic carboxylic acids is 1. The molecule has 1 aliphatic carbocycles. The van der Waals surface area contributed by atoms with Gasteiger partial charge < -0.3 is 14.6 Å². The Balaban J connectivity index is 2.01. The highest BCUT2D eigenvalue weighted by Crippen LogP contribution is 2.39. The lowest BCUT2D eigenvalue weighted by Crippen LogP contribution is -2.16. The Bertz CT molecular complexity index is 462. The largest absolute Gasteiger partial charge is 0.493 e. The van der Waals surface area contributed by atoms with Gasteiger partial charge in [0.1, 0.15) is 0 Å². The number of hydrogen-bond acceptors (Lipinski definition) is 3. The van der Waals surface area contributed by atoms with Gasteiger partial charge in [-0.05, 0) is 55.2 Å². The first kappa shape index (κ1) is 14.7. The molecule has 1 aromatic carbocycles. The van der Waals surface area contributed by atoms with E-state index in [1.54, 1.807) is 14.2 Å². The van der Waals surface area contributed by atoms with Crippen LogP contribution >= 0.6 is 0 Å². The van der Waals surface area contributed by atoms with Gasteiger partial charge in [0.2, 0.25) is 0 Å². The van der Waals surface area contributed by atoms with Gasteiger partial charge in [-0.3, -0.25) is 4.79 Å². The summed E-state index contributed by atoms with van der Waals surface area (Å²) >= 11 is 0. The monoisotopic (exact) mass is 278 g/mol. The van der Waals surface area contributed by atoms with Gasteiger partial charge in [-0.25, -0.2) is 0 Å². The lowest BCUT2D eigenvalue weighted by Gasteiger charge is -2.28. The Morgan fingerprint density at radius 3 is 2.35 bits per heavy atom. The minimum Gasteiger partial charge on any atom is -0.493 e. The molecule has 1 saturated carbocycles. The maximum atomic E-state index is 10.7. The molecule has 1 fully saturated rings. The first-order valence-corrected chi connectivity index (χ1v) is 7.07. The second-order valence-corrected chi connectivity index (χ2v) is 5.43. The van der Waals surface area contributed by atoms with Gasteiger partial charge in [-0.2, -0.15) is 0 Å². The van der Waals surface area contributed by atoms with Crippen LogP contribution in [0.2, 0.25) is 0 Å². The molecule has 1 aromatic rings. The van der Waals surface area contributed by atoms with Crippen molar-refractivity contribution in [1.82, 2.24) is 0 Å². The predicted octanol–water partition coefficient (Wildman–Crippen LogP) is 3.45. The zero-order valence-electron chi connectivity index (χ0n) is 12.1. The zero-order chi connectivity index (χ0) is 14.5. The Hall–Kier alpha value is -1.71. The number of carboxylic acid groups (broad SMARTS) is 1. The van der Waals surface area contributed by atoms with Gasteiger partial charge in [0.15, 0.2) is 11.5 Å². The Morgan fingerprint density at radius 2 is 1.80 bits per heavy atom. The van der Waals surface area contributed by atoms with Crippen molar-refractivity contribution in [3.63, 3.8) is 0 Å². The molecule has 0 amide bonds. The third-order valence-corrected chi connectivity index (χ3v) is 4.19. The van der Waals surface area contributed by atoms with Crippen molar-refractivity contribution in [3.8, 4) is 11.5 Å². The fourth-order valence-corrected chi connectivity index (χ4v) is 3.05. The average molecular weight is 278 g/mol. The molecule has 0 bridgehead atoms. The molecule has 0 unspecified atom stereocenters. The van der Waals surface area contributed by atoms with Gasteiger partial charge in [0, 0.05) is 6.42 Å². The van der Waals surface area contributed by atoms with E-state index in [4.69, 9.17) is 14.6 Å². The zero-order valence-corrected chi connectivity index (χ0v) is 12.1. The number of benzene rings is 1. The van der Waals surface area contributed by atoms with E-state index in [0.717, 1.165) is 37.2 Å². The van der Waals surface area contributed by atoms with E-state index in [0.29, 0.717) is 18.3 Å². The van der Waals surface area contributed by atoms with Gasteiger partial charge in [0.25, 0.3) is 0 Å². The van der Waals surface area contributed by atoms with Gasteiger partial charge in [0.05, 0.1) is 14.2 Å². The molecule has 4 heteroatoms. The first-order valence-electron chi connectivity index (χ1n) is 7.07. The van der Waals surface area contributed by atoms with Crippen LogP contribution in [-0.2, 0) is 4.79 Å². The molecule has 110 valence electrons. The van der Waals surface area contributed by atoms with Crippen LogP contribution < -0.4 is 9.47 Å². The number of carboxylic acids is 1. The van der Waals surface area contributed by atoms with Gasteiger partial charge in [-0.15, -0.1) is 0 Å². The van der Waals surface area contributed by atoms with E-state index in [2.05, 4.69) is 6.07 Å². The predicted molar refractivity (Wildman–Crippen MR) is 76.5 cm³/mol. The minimum atomic E-state index is -0.681. The lowest BCUT2D eigenvalue weighted by atomic mass is 9.77. The van der Waals surface area contributed by atoms with Crippen LogP contribution in [0.4, 0.5) is 0 Å². The Labute approximate surface area is 119 Å². The summed E-state index contributed by atoms with van der Waals surface area (Å²) in [6.07, 6.45) is 4.39. The molecule has 1 aliphatic rings. The summed E-state index contributed by atoms with van der Waals surface area (Å²) in [5.41, 5.74) is 1.26. The van der Waals surface area contributed by atoms with E-state index in [9.17, 15) is 4.79 Å². The first-order chi connectivity index (χ1) is 9.63. The van der Waals surface area contributed by atoms with Crippen LogP contribution in [0.25, 0.3) is 0 Å². The molecule has 4 nitrogen and oxygen atoms in total. The summed E-state index contributed by atoms with van der Waals surface area (Å²) in [5.74, 6) is 1.66. The summed E-state index contributed by atoms with van der Waals surface area (Å²) in [4.78, 5) is 10.7. The molecule has 0 spiro atoms. The smallest absolute Gasteiger partial charge is 0.303 e. The number of carbonyl (C=O) groups is 1. The molecule has 0 aliphatic heterocycles. The fourth-order valence-electron chi connectivity index (χ4n) is 3.05. The second-order valence-electron chi connectivity index (χ2n) is 5.43. The van der Waals surface area contributed by atoms with Crippen LogP contribution in [0.1, 0.15) is 43.6 Å². The minimum absolute atomic E-state index is 0.304. The number of ether oxygens (including phenoxy) is 2. The Morgan fingerprint density at radius 1 is 1.15 bits per heavy atom. The van der Waals surface area contributed by atoms with E-state index < -0.39 is 5.97 Å². The van der Waals surface area contributed by atoms with E-state index in [1.807, 2.05) is 12.1 Å². The second kappa shape index (κ2) is 6.64. The number of hydrogen-bond donors (Lipinski definition) is 1. The summed E-state index contributed by atoms with van der Waals surface area (Å²) < 4.78 is 10.6. The van der Waals surface area contributed by atoms with Gasteiger partial charge >= 0.3 is 5.97 Å². The molecular weight excluding hydrogens is 256 g/mol. The molecule has 2 rings (SSSR count). The van der Waals surface area contributed by atoms with Crippen LogP contribution in [0.5, 0.6) is 11.5 Å². The van der Waals surface area contributed by atoms with E-state index in [1.165, 1.54) is 5.56 Å². The topological polar surface area (TPSA) is 55.8 Å². The van der Waals surface area contributed by atoms with Crippen LogP contribution in [0.15, 0.2) is 18.2 Å². The number of rotatable bonds is 5. The molecule has 0 atom stereocenters. The van der Waals surface area contributed by atoms with Crippen molar-refractivity contribution in [2.75, 3.05) is 14.2 Å². The SMILES string of the molecule is COc1ccc(C2CCC(CC(=O)O)CC2)cc1OC. The normalized spacial score (nSPS) is 22.3. The molecular formula is C16H22O4. The molecule has 0 radical (unpaired) electrons. The van der Waals surface area contributed by atoms with E-state index in [-0.39, 0.29) is 0 Å². The highest BCUT2D eigenvalue weighted by atomic mass is 16.5. The third-order valence-electron chi connectivity index (χ3n) is 4.19. The van der Waals surface area contributed by atoms with Crippen molar-refractivity contribution in [3.05, 3.63) is 23.8 Å². The lowest BCUT2D eigenvalue weighted by molar-refractivity contribution is -0.138. The van der Waals surface area contributed by atoms with Crippen LogP contribution in [0.3, 0.4) is 0 Å². The maximum absolute atomic E-state index is 10.7. The maximum Gasteiger partial charge on any atom is 0.303 e. The van der Waals surface area contributed by atoms with Crippen LogP contribution in [-0.4, -0.2) is 25.3 Å². The third kappa shape index (κ3) is 3.44. The van der Waals surface area contributed by atoms with Crippen LogP contribution in [0, 0.1) is 5.92 Å². The molecule has 0 aromatic heterocycles. The highest BCUT2D eigenvalue weighted by molar-refractivity contribution is 5.67. The summed E-state index contributed by atoms with van der Waals surface area (Å²) in [6, 6.07) is 6.07. The summed E-state index contributed by atoms with van der Waals surface area (Å²) in [6.45, 7) is 0. The molecule has 0 saturated heterocycles. The average Bonchev–Trinajstić information content (AvgIpc) is 2.46. The Kier molecular flexibility index (Phi) is 4.88. The number of methoxy groups -OCH3 is 2. The van der Waals surface area contributed by atoms with Crippen molar-refractivity contribution >= 4 is 5.97 Å². The standard InChI is InChI=1S/C16H22O4/c1-19-14-8-7-13(10-15(14)20-2)12-5-3-11(4-6-12)9-16(17)18/h7-8,10-12H,3-6,9H2,1-2H3,(H,17,18).